The summed E-state index contributed by atoms with van der Waals surface area (Å²) in [5, 5.41) is 7.17. The van der Waals surface area contributed by atoms with E-state index in [-0.39, 0.29) is 0 Å². The lowest BCUT2D eigenvalue weighted by atomic mass is 9.97. The molecule has 2 aliphatic rings. The summed E-state index contributed by atoms with van der Waals surface area (Å²) in [5.74, 6) is 1.82. The molecule has 0 atom stereocenters. The molecule has 2 fully saturated rings. The van der Waals surface area contributed by atoms with E-state index >= 15 is 0 Å². The van der Waals surface area contributed by atoms with Crippen LogP contribution in [-0.4, -0.2) is 88.9 Å². The smallest absolute Gasteiger partial charge is 0.193 e. The lowest BCUT2D eigenvalue weighted by molar-refractivity contribution is 0.120. The molecule has 1 aromatic rings. The number of hydrogen-bond donors (Lipinski definition) is 1. The van der Waals surface area contributed by atoms with Crippen molar-refractivity contribution in [1.82, 2.24) is 15.1 Å². The van der Waals surface area contributed by atoms with Crippen molar-refractivity contribution >= 4 is 22.3 Å². The van der Waals surface area contributed by atoms with Crippen LogP contribution in [0, 0.1) is 5.92 Å². The number of piperazine rings is 1. The molecule has 0 aliphatic carbocycles. The second-order valence-electron chi connectivity index (χ2n) is 7.13. The zero-order valence-corrected chi connectivity index (χ0v) is 17.0. The number of thiophene rings is 1. The molecule has 2 aliphatic heterocycles. The van der Waals surface area contributed by atoms with Crippen molar-refractivity contribution in [2.45, 2.75) is 12.8 Å². The van der Waals surface area contributed by atoms with E-state index in [2.05, 4.69) is 42.5 Å². The Balaban J connectivity index is 1.38. The second kappa shape index (κ2) is 10.1. The van der Waals surface area contributed by atoms with Crippen LogP contribution in [0.4, 0.5) is 5.00 Å². The fourth-order valence-corrected chi connectivity index (χ4v) is 4.58. The Morgan fingerprint density at radius 3 is 2.62 bits per heavy atom. The number of anilines is 1. The van der Waals surface area contributed by atoms with Crippen LogP contribution >= 0.6 is 11.3 Å². The van der Waals surface area contributed by atoms with Crippen molar-refractivity contribution in [3.05, 3.63) is 17.5 Å². The average Bonchev–Trinajstić information content (AvgIpc) is 3.23. The highest BCUT2D eigenvalue weighted by molar-refractivity contribution is 7.14. The van der Waals surface area contributed by atoms with Gasteiger partial charge in [-0.05, 0) is 49.4 Å². The van der Waals surface area contributed by atoms with Gasteiger partial charge in [-0.1, -0.05) is 0 Å². The third-order valence-corrected chi connectivity index (χ3v) is 6.41. The summed E-state index contributed by atoms with van der Waals surface area (Å²) >= 11 is 1.83. The van der Waals surface area contributed by atoms with Crippen LogP contribution in [0.25, 0.3) is 0 Å². The van der Waals surface area contributed by atoms with Gasteiger partial charge in [0.15, 0.2) is 5.96 Å². The van der Waals surface area contributed by atoms with Crippen LogP contribution in [0.3, 0.4) is 0 Å². The van der Waals surface area contributed by atoms with Gasteiger partial charge in [0.05, 0.1) is 11.6 Å². The number of aliphatic imine (C=N–C) groups is 1. The topological polar surface area (TPSA) is 43.3 Å². The number of ether oxygens (including phenoxy) is 1. The molecule has 0 bridgehead atoms. The van der Waals surface area contributed by atoms with E-state index in [9.17, 15) is 0 Å². The summed E-state index contributed by atoms with van der Waals surface area (Å²) in [5.41, 5.74) is 0. The molecule has 0 aromatic carbocycles. The van der Waals surface area contributed by atoms with Gasteiger partial charge in [-0.2, -0.15) is 0 Å². The third-order valence-electron chi connectivity index (χ3n) is 5.48. The number of guanidine groups is 1. The maximum atomic E-state index is 5.19. The third kappa shape index (κ3) is 5.34. The van der Waals surface area contributed by atoms with Gasteiger partial charge < -0.3 is 24.8 Å². The number of likely N-dealkylation sites (tertiary alicyclic amines) is 1. The van der Waals surface area contributed by atoms with E-state index in [1.54, 1.807) is 7.11 Å². The summed E-state index contributed by atoms with van der Waals surface area (Å²) in [6.45, 7) is 9.52. The maximum Gasteiger partial charge on any atom is 0.193 e. The fourth-order valence-electron chi connectivity index (χ4n) is 3.79. The number of hydrogen-bond acceptors (Lipinski definition) is 5. The monoisotopic (exact) mass is 379 g/mol. The molecular weight excluding hydrogens is 346 g/mol. The number of methoxy groups -OCH3 is 1. The van der Waals surface area contributed by atoms with Crippen molar-refractivity contribution < 1.29 is 4.74 Å². The summed E-state index contributed by atoms with van der Waals surface area (Å²) in [6.07, 6.45) is 2.53. The van der Waals surface area contributed by atoms with Gasteiger partial charge in [0.1, 0.15) is 0 Å². The van der Waals surface area contributed by atoms with Crippen molar-refractivity contribution in [1.29, 1.82) is 0 Å². The summed E-state index contributed by atoms with van der Waals surface area (Å²) in [4.78, 5) is 11.9. The molecule has 1 aromatic heterocycles. The Morgan fingerprint density at radius 2 is 2.00 bits per heavy atom. The minimum Gasteiger partial charge on any atom is -0.383 e. The molecule has 3 rings (SSSR count). The van der Waals surface area contributed by atoms with Gasteiger partial charge in [-0.25, -0.2) is 0 Å². The molecule has 0 unspecified atom stereocenters. The van der Waals surface area contributed by atoms with E-state index in [4.69, 9.17) is 4.74 Å². The Kier molecular flexibility index (Phi) is 7.58. The Bertz CT molecular complexity index is 534. The summed E-state index contributed by atoms with van der Waals surface area (Å²) in [7, 11) is 3.68. The first-order chi connectivity index (χ1) is 12.8. The summed E-state index contributed by atoms with van der Waals surface area (Å²) in [6, 6.07) is 4.35. The Morgan fingerprint density at radius 1 is 1.23 bits per heavy atom. The van der Waals surface area contributed by atoms with Crippen LogP contribution < -0.4 is 10.2 Å². The second-order valence-corrected chi connectivity index (χ2v) is 8.06. The molecule has 7 heteroatoms. The van der Waals surface area contributed by atoms with Crippen LogP contribution in [0.15, 0.2) is 22.5 Å². The van der Waals surface area contributed by atoms with Crippen molar-refractivity contribution in [3.8, 4) is 0 Å². The predicted molar refractivity (Wildman–Crippen MR) is 111 cm³/mol. The van der Waals surface area contributed by atoms with Crippen LogP contribution in [0.1, 0.15) is 12.8 Å². The highest BCUT2D eigenvalue weighted by Gasteiger charge is 2.22. The molecule has 3 heterocycles. The van der Waals surface area contributed by atoms with Gasteiger partial charge in [0.25, 0.3) is 0 Å². The molecular formula is C19H33N5OS. The minimum atomic E-state index is 0.748. The quantitative estimate of drug-likeness (QED) is 0.603. The molecule has 0 saturated carbocycles. The molecule has 6 nitrogen and oxygen atoms in total. The van der Waals surface area contributed by atoms with Crippen molar-refractivity contribution in [2.75, 3.05) is 78.0 Å². The average molecular weight is 380 g/mol. The van der Waals surface area contributed by atoms with Crippen molar-refractivity contribution in [2.24, 2.45) is 10.9 Å². The first-order valence-electron chi connectivity index (χ1n) is 9.75. The van der Waals surface area contributed by atoms with Crippen molar-refractivity contribution in [3.63, 3.8) is 0 Å². The van der Waals surface area contributed by atoms with E-state index in [0.717, 1.165) is 57.8 Å². The predicted octanol–water partition coefficient (Wildman–Crippen LogP) is 1.80. The number of nitrogens with one attached hydrogen (secondary N) is 1. The van der Waals surface area contributed by atoms with E-state index in [1.165, 1.54) is 30.9 Å². The first-order valence-corrected chi connectivity index (χ1v) is 10.6. The molecule has 0 spiro atoms. The fraction of sp³-hybridized carbons (Fsp3) is 0.737. The molecule has 1 N–H and O–H groups in total. The van der Waals surface area contributed by atoms with Crippen LogP contribution in [0.5, 0.6) is 0 Å². The zero-order valence-electron chi connectivity index (χ0n) is 16.2. The number of piperidine rings is 1. The molecule has 26 heavy (non-hydrogen) atoms. The van der Waals surface area contributed by atoms with Gasteiger partial charge in [-0.15, -0.1) is 11.3 Å². The van der Waals surface area contributed by atoms with E-state index in [0.29, 0.717) is 0 Å². The van der Waals surface area contributed by atoms with Crippen LogP contribution in [-0.2, 0) is 4.74 Å². The van der Waals surface area contributed by atoms with Crippen LogP contribution in [0.2, 0.25) is 0 Å². The zero-order chi connectivity index (χ0) is 18.2. The number of nitrogens with zero attached hydrogens (tertiary/aromatic N) is 4. The lowest BCUT2D eigenvalue weighted by Crippen LogP contribution is -2.53. The minimum absolute atomic E-state index is 0.748. The first kappa shape index (κ1) is 19.5. The largest absolute Gasteiger partial charge is 0.383 e. The normalized spacial score (nSPS) is 20.6. The summed E-state index contributed by atoms with van der Waals surface area (Å²) < 4.78 is 5.19. The Labute approximate surface area is 161 Å². The van der Waals surface area contributed by atoms with Gasteiger partial charge in [-0.3, -0.25) is 4.99 Å². The molecule has 0 radical (unpaired) electrons. The van der Waals surface area contributed by atoms with E-state index < -0.39 is 0 Å². The number of rotatable bonds is 6. The Hall–Kier alpha value is -1.31. The highest BCUT2D eigenvalue weighted by Crippen LogP contribution is 2.22. The van der Waals surface area contributed by atoms with Gasteiger partial charge in [0.2, 0.25) is 0 Å². The van der Waals surface area contributed by atoms with Gasteiger partial charge in [0, 0.05) is 53.4 Å². The lowest BCUT2D eigenvalue weighted by Gasteiger charge is -2.38. The standard InChI is InChI=1S/C19H33N5OS/c1-20-19(21-16-17-5-7-22(8-6-17)13-14-25-2)24-11-9-23(10-12-24)18-4-3-15-26-18/h3-4,15,17H,5-14,16H2,1-2H3,(H,20,21). The van der Waals surface area contributed by atoms with E-state index in [1.807, 2.05) is 18.4 Å². The van der Waals surface area contributed by atoms with Gasteiger partial charge >= 0.3 is 0 Å². The molecule has 2 saturated heterocycles. The molecule has 0 amide bonds. The maximum absolute atomic E-state index is 5.19. The highest BCUT2D eigenvalue weighted by atomic mass is 32.1. The molecule has 146 valence electrons. The SMILES string of the molecule is CN=C(NCC1CCN(CCOC)CC1)N1CCN(c2cccs2)CC1.